The first kappa shape index (κ1) is 41.6. The van der Waals surface area contributed by atoms with Crippen molar-refractivity contribution in [2.75, 3.05) is 19.1 Å². The van der Waals surface area contributed by atoms with Gasteiger partial charge in [0.1, 0.15) is 67.1 Å². The summed E-state index contributed by atoms with van der Waals surface area (Å²) in [5.41, 5.74) is 24.9. The molecule has 0 amide bonds. The fraction of sp³-hybridized carbons (Fsp3) is 1.00. The van der Waals surface area contributed by atoms with Gasteiger partial charge in [-0.3, -0.25) is 0 Å². The second-order valence-electron chi connectivity index (χ2n) is 13.8. The number of nitrogens with two attached hydrogens (primary N) is 4. The van der Waals surface area contributed by atoms with E-state index in [9.17, 15) is 46.0 Å². The van der Waals surface area contributed by atoms with Crippen molar-refractivity contribution >= 4 is 11.6 Å². The molecule has 5 fully saturated rings. The summed E-state index contributed by atoms with van der Waals surface area (Å²) < 4.78 is 46.7. The van der Waals surface area contributed by atoms with Crippen molar-refractivity contribution in [1.29, 1.82) is 0 Å². The average Bonchev–Trinajstić information content (AvgIpc) is 3.40. The first-order chi connectivity index (χ1) is 24.1. The molecule has 0 spiro atoms. The van der Waals surface area contributed by atoms with Crippen molar-refractivity contribution in [2.24, 2.45) is 22.9 Å². The van der Waals surface area contributed by atoms with Gasteiger partial charge in [0, 0.05) is 18.5 Å². The Balaban J connectivity index is 1.25. The lowest BCUT2D eigenvalue weighted by molar-refractivity contribution is -0.347. The van der Waals surface area contributed by atoms with Crippen LogP contribution in [-0.2, 0) is 37.9 Å². The molecule has 4 heterocycles. The van der Waals surface area contributed by atoms with Crippen LogP contribution in [0.25, 0.3) is 0 Å². The first-order valence-electron chi connectivity index (χ1n) is 16.9. The van der Waals surface area contributed by atoms with E-state index in [0.29, 0.717) is 0 Å². The Morgan fingerprint density at radius 2 is 1.14 bits per heavy atom. The molecule has 0 bridgehead atoms. The topological polar surface area (TPSA) is 360 Å². The van der Waals surface area contributed by atoms with E-state index in [0.717, 1.165) is 0 Å². The number of rotatable bonds is 11. The molecule has 17 N–H and O–H groups in total. The summed E-state index contributed by atoms with van der Waals surface area (Å²) in [6.07, 6.45) is -25.2. The number of hydrogen-bond donors (Lipinski definition) is 13. The van der Waals surface area contributed by atoms with E-state index in [1.165, 1.54) is 6.92 Å². The van der Waals surface area contributed by atoms with Crippen LogP contribution < -0.4 is 22.9 Å². The third-order valence-electron chi connectivity index (χ3n) is 10.2. The maximum absolute atomic E-state index is 11.4. The molecular formula is C29H53ClN4O17. The monoisotopic (exact) mass is 764 g/mol. The molecule has 0 radical (unpaired) electrons. The predicted octanol–water partition coefficient (Wildman–Crippen LogP) is -7.70. The van der Waals surface area contributed by atoms with Crippen molar-refractivity contribution in [2.45, 2.75) is 161 Å². The van der Waals surface area contributed by atoms with Crippen LogP contribution in [0.4, 0.5) is 0 Å². The van der Waals surface area contributed by atoms with Gasteiger partial charge in [-0.05, 0) is 13.3 Å². The largest absolute Gasteiger partial charge is 0.394 e. The summed E-state index contributed by atoms with van der Waals surface area (Å²) in [7, 11) is 0. The second kappa shape index (κ2) is 17.5. The van der Waals surface area contributed by atoms with Crippen LogP contribution in [0.2, 0.25) is 0 Å². The fourth-order valence-corrected chi connectivity index (χ4v) is 7.30. The lowest BCUT2D eigenvalue weighted by atomic mass is 9.84. The second-order valence-corrected chi connectivity index (χ2v) is 14.1. The minimum absolute atomic E-state index is 0.0705. The van der Waals surface area contributed by atoms with Crippen molar-refractivity contribution in [3.8, 4) is 0 Å². The van der Waals surface area contributed by atoms with E-state index < -0.39 is 154 Å². The van der Waals surface area contributed by atoms with Crippen LogP contribution in [0.15, 0.2) is 0 Å². The van der Waals surface area contributed by atoms with Crippen LogP contribution >= 0.6 is 11.6 Å². The van der Waals surface area contributed by atoms with E-state index in [4.69, 9.17) is 72.4 Å². The number of ether oxygens (including phenoxy) is 8. The Bertz CT molecular complexity index is 1110. The van der Waals surface area contributed by atoms with Gasteiger partial charge in [-0.2, -0.15) is 0 Å². The average molecular weight is 765 g/mol. The molecule has 1 saturated carbocycles. The standard InChI is InChI=1S/C29H53ClN4O17/c1-7-22(48-28-20(42)19(41)17(39)13(6-36)47-28)18(40)15(34)27(44-7)50-24-12(4-30)46-29(21(24)43)51-25-16(38)9(31)3-10(32)23(25)49-26-14(33)11(37)2-8(5-35)45-26/h7-29,35-43H,2-6,31-34H2,1H3. The molecule has 4 saturated heterocycles. The number of halogens is 1. The molecular weight excluding hydrogens is 712 g/mol. The van der Waals surface area contributed by atoms with Crippen LogP contribution in [0.3, 0.4) is 0 Å². The molecule has 0 aromatic heterocycles. The molecule has 298 valence electrons. The summed E-state index contributed by atoms with van der Waals surface area (Å²) in [6, 6.07) is -4.06. The highest BCUT2D eigenvalue weighted by Crippen LogP contribution is 2.35. The number of aliphatic hydroxyl groups is 9. The van der Waals surface area contributed by atoms with Gasteiger partial charge in [0.05, 0.1) is 55.6 Å². The summed E-state index contributed by atoms with van der Waals surface area (Å²) in [5.74, 6) is -0.220. The maximum atomic E-state index is 11.4. The van der Waals surface area contributed by atoms with E-state index in [1.807, 2.05) is 0 Å². The number of hydrogen-bond acceptors (Lipinski definition) is 21. The van der Waals surface area contributed by atoms with Crippen LogP contribution in [-0.4, -0.2) is 206 Å². The van der Waals surface area contributed by atoms with Crippen molar-refractivity contribution in [3.05, 3.63) is 0 Å². The van der Waals surface area contributed by atoms with Gasteiger partial charge in [-0.25, -0.2) is 0 Å². The van der Waals surface area contributed by atoms with Crippen molar-refractivity contribution in [3.63, 3.8) is 0 Å². The van der Waals surface area contributed by atoms with E-state index in [2.05, 4.69) is 0 Å². The molecule has 1 aliphatic carbocycles. The van der Waals surface area contributed by atoms with Gasteiger partial charge < -0.3 is 107 Å². The lowest BCUT2D eigenvalue weighted by Crippen LogP contribution is -2.66. The van der Waals surface area contributed by atoms with Crippen LogP contribution in [0.5, 0.6) is 0 Å². The molecule has 5 aliphatic rings. The summed E-state index contributed by atoms with van der Waals surface area (Å²) in [6.45, 7) is 0.393. The molecule has 0 aromatic carbocycles. The van der Waals surface area contributed by atoms with Gasteiger partial charge in [0.25, 0.3) is 0 Å². The zero-order chi connectivity index (χ0) is 37.5. The highest BCUT2D eigenvalue weighted by atomic mass is 35.5. The highest BCUT2D eigenvalue weighted by Gasteiger charge is 2.55. The molecule has 0 aromatic rings. The third kappa shape index (κ3) is 8.65. The minimum atomic E-state index is -1.74. The predicted molar refractivity (Wildman–Crippen MR) is 168 cm³/mol. The van der Waals surface area contributed by atoms with Gasteiger partial charge in [0.15, 0.2) is 25.2 Å². The Morgan fingerprint density at radius 3 is 1.78 bits per heavy atom. The molecule has 5 rings (SSSR count). The molecule has 21 nitrogen and oxygen atoms in total. The van der Waals surface area contributed by atoms with Gasteiger partial charge in [-0.1, -0.05) is 0 Å². The highest BCUT2D eigenvalue weighted by molar-refractivity contribution is 6.18. The SMILES string of the molecule is CC1OC(OC2C(CCl)OC(OC3C(O)C(N)CC(N)C3OC3OC(CO)CC(O)C3N)C2O)C(N)C(O)C1OC1OC(CO)C(O)C(O)C1O. The maximum Gasteiger partial charge on any atom is 0.187 e. The minimum Gasteiger partial charge on any atom is -0.394 e. The zero-order valence-electron chi connectivity index (χ0n) is 27.8. The number of aliphatic hydroxyl groups excluding tert-OH is 9. The third-order valence-corrected chi connectivity index (χ3v) is 10.5. The quantitative estimate of drug-likeness (QED) is 0.0869. The molecule has 4 aliphatic heterocycles. The van der Waals surface area contributed by atoms with E-state index >= 15 is 0 Å². The Kier molecular flexibility index (Phi) is 14.3. The summed E-state index contributed by atoms with van der Waals surface area (Å²) in [4.78, 5) is 0. The number of alkyl halides is 1. The molecule has 22 heteroatoms. The molecule has 51 heavy (non-hydrogen) atoms. The zero-order valence-corrected chi connectivity index (χ0v) is 28.5. The van der Waals surface area contributed by atoms with Gasteiger partial charge in [-0.15, -0.1) is 11.6 Å². The van der Waals surface area contributed by atoms with Crippen LogP contribution in [0, 0.1) is 0 Å². The summed E-state index contributed by atoms with van der Waals surface area (Å²) >= 11 is 6.17. The van der Waals surface area contributed by atoms with Crippen molar-refractivity contribution in [1.82, 2.24) is 0 Å². The smallest absolute Gasteiger partial charge is 0.187 e. The molecule has 23 atom stereocenters. The molecule has 23 unspecified atom stereocenters. The fourth-order valence-electron chi connectivity index (χ4n) is 7.05. The lowest BCUT2D eigenvalue weighted by Gasteiger charge is -2.46. The Morgan fingerprint density at radius 1 is 0.549 bits per heavy atom. The normalized spacial score (nSPS) is 54.1. The van der Waals surface area contributed by atoms with E-state index in [-0.39, 0.29) is 18.7 Å². The summed E-state index contributed by atoms with van der Waals surface area (Å²) in [5, 5.41) is 93.6. The van der Waals surface area contributed by atoms with Crippen molar-refractivity contribution < 1.29 is 83.9 Å². The Labute approximate surface area is 298 Å². The van der Waals surface area contributed by atoms with E-state index in [1.54, 1.807) is 0 Å². The Hall–Kier alpha value is -0.550. The van der Waals surface area contributed by atoms with Crippen LogP contribution in [0.1, 0.15) is 19.8 Å². The van der Waals surface area contributed by atoms with Gasteiger partial charge >= 0.3 is 0 Å². The first-order valence-corrected chi connectivity index (χ1v) is 17.4. The van der Waals surface area contributed by atoms with Gasteiger partial charge in [0.2, 0.25) is 0 Å².